The van der Waals surface area contributed by atoms with Crippen molar-refractivity contribution in [3.05, 3.63) is 35.5 Å². The Morgan fingerprint density at radius 3 is 2.05 bits per heavy atom. The molecule has 0 aliphatic heterocycles. The number of nitrogens with zero attached hydrogens (tertiary/aromatic N) is 3. The van der Waals surface area contributed by atoms with Gasteiger partial charge in [-0.2, -0.15) is 15.8 Å². The highest BCUT2D eigenvalue weighted by molar-refractivity contribution is 6.75. The molecule has 0 saturated carbocycles. The van der Waals surface area contributed by atoms with Crippen LogP contribution >= 0.6 is 0 Å². The lowest BCUT2D eigenvalue weighted by atomic mass is 10.2. The largest absolute Gasteiger partial charge is 0.536 e. The maximum Gasteiger partial charge on any atom is 0.536 e. The van der Waals surface area contributed by atoms with Crippen molar-refractivity contribution in [2.75, 3.05) is 26.6 Å². The van der Waals surface area contributed by atoms with E-state index in [1.165, 1.54) is 21.3 Å². The summed E-state index contributed by atoms with van der Waals surface area (Å²) in [6, 6.07) is 12.0. The highest BCUT2D eigenvalue weighted by Crippen LogP contribution is 2.14. The summed E-state index contributed by atoms with van der Waals surface area (Å²) < 4.78 is 16.2. The molecule has 0 heterocycles. The number of nitriles is 3. The second-order valence-electron chi connectivity index (χ2n) is 3.96. The molecule has 0 aliphatic carbocycles. The summed E-state index contributed by atoms with van der Waals surface area (Å²) in [5.41, 5.74) is 0.100. The number of hydrogen-bond acceptors (Lipinski definition) is 7. The van der Waals surface area contributed by atoms with E-state index < -0.39 is 8.80 Å². The molecule has 112 valence electrons. The van der Waals surface area contributed by atoms with Crippen LogP contribution in [-0.4, -0.2) is 30.1 Å². The van der Waals surface area contributed by atoms with Gasteiger partial charge in [-0.1, -0.05) is 12.1 Å². The van der Waals surface area contributed by atoms with E-state index in [1.54, 1.807) is 42.5 Å². The van der Waals surface area contributed by atoms with Crippen LogP contribution < -0.4 is 10.5 Å². The molecule has 8 heteroatoms. The van der Waals surface area contributed by atoms with Gasteiger partial charge in [0.2, 0.25) is 0 Å². The first kappa shape index (κ1) is 17.4. The fourth-order valence-corrected chi connectivity index (χ4v) is 3.66. The van der Waals surface area contributed by atoms with Crippen molar-refractivity contribution in [1.82, 2.24) is 0 Å². The van der Waals surface area contributed by atoms with Crippen molar-refractivity contribution >= 4 is 19.7 Å². The zero-order valence-corrected chi connectivity index (χ0v) is 13.4. The normalized spacial score (nSPS) is 10.0. The second-order valence-corrected chi connectivity index (χ2v) is 6.87. The molecule has 0 radical (unpaired) electrons. The molecular formula is C14H14N4O3Si. The molecule has 1 N–H and O–H groups in total. The Labute approximate surface area is 129 Å². The van der Waals surface area contributed by atoms with Gasteiger partial charge in [0, 0.05) is 32.2 Å². The minimum Gasteiger partial charge on any atom is -0.373 e. The molecule has 0 bridgehead atoms. The molecule has 0 spiro atoms. The summed E-state index contributed by atoms with van der Waals surface area (Å²) in [6.45, 7) is 0. The van der Waals surface area contributed by atoms with Gasteiger partial charge in [-0.25, -0.2) is 0 Å². The summed E-state index contributed by atoms with van der Waals surface area (Å²) in [5, 5.41) is 30.1. The SMILES string of the molecule is CO[Si](OC)(OC)c1cccc(NC(C#N)=C(C#N)C#N)c1. The van der Waals surface area contributed by atoms with Crippen LogP contribution in [0.25, 0.3) is 0 Å². The van der Waals surface area contributed by atoms with Crippen molar-refractivity contribution in [1.29, 1.82) is 15.8 Å². The lowest BCUT2D eigenvalue weighted by Gasteiger charge is -2.24. The molecule has 0 saturated heterocycles. The molecule has 22 heavy (non-hydrogen) atoms. The molecule has 0 aromatic heterocycles. The number of benzene rings is 1. The second kappa shape index (κ2) is 7.94. The van der Waals surface area contributed by atoms with E-state index in [0.717, 1.165) is 0 Å². The van der Waals surface area contributed by atoms with Crippen molar-refractivity contribution in [3.8, 4) is 18.2 Å². The third-order valence-corrected chi connectivity index (χ3v) is 5.51. The van der Waals surface area contributed by atoms with Gasteiger partial charge in [0.05, 0.1) is 0 Å². The van der Waals surface area contributed by atoms with Gasteiger partial charge in [-0.15, -0.1) is 0 Å². The third kappa shape index (κ3) is 3.50. The standard InChI is InChI=1S/C14H14N4O3Si/c1-19-22(20-2,21-3)13-6-4-5-12(7-13)18-14(10-17)11(8-15)9-16/h4-7,18H,1-3H3. The molecule has 0 fully saturated rings. The van der Waals surface area contributed by atoms with Gasteiger partial charge in [0.25, 0.3) is 0 Å². The van der Waals surface area contributed by atoms with E-state index in [9.17, 15) is 0 Å². The molecule has 0 aliphatic rings. The highest BCUT2D eigenvalue weighted by Gasteiger charge is 2.40. The van der Waals surface area contributed by atoms with E-state index in [0.29, 0.717) is 10.9 Å². The van der Waals surface area contributed by atoms with E-state index in [1.807, 2.05) is 0 Å². The molecule has 0 atom stereocenters. The van der Waals surface area contributed by atoms with E-state index in [-0.39, 0.29) is 11.3 Å². The van der Waals surface area contributed by atoms with Crippen LogP contribution in [0.15, 0.2) is 35.5 Å². The van der Waals surface area contributed by atoms with Gasteiger partial charge in [0.15, 0.2) is 5.57 Å². The van der Waals surface area contributed by atoms with E-state index >= 15 is 0 Å². The van der Waals surface area contributed by atoms with Gasteiger partial charge < -0.3 is 18.6 Å². The van der Waals surface area contributed by atoms with E-state index in [4.69, 9.17) is 29.1 Å². The smallest absolute Gasteiger partial charge is 0.373 e. The number of rotatable bonds is 6. The van der Waals surface area contributed by atoms with E-state index in [2.05, 4.69) is 5.32 Å². The van der Waals surface area contributed by atoms with Gasteiger partial charge in [-0.05, 0) is 12.1 Å². The Hall–Kier alpha value is -2.67. The van der Waals surface area contributed by atoms with Crippen LogP contribution in [0, 0.1) is 34.0 Å². The first-order valence-electron chi connectivity index (χ1n) is 6.08. The lowest BCUT2D eigenvalue weighted by molar-refractivity contribution is 0.140. The van der Waals surface area contributed by atoms with Crippen molar-refractivity contribution in [2.24, 2.45) is 0 Å². The van der Waals surface area contributed by atoms with Crippen molar-refractivity contribution < 1.29 is 13.3 Å². The van der Waals surface area contributed by atoms with Gasteiger partial charge in [0.1, 0.15) is 23.9 Å². The fraction of sp³-hybridized carbons (Fsp3) is 0.214. The molecule has 1 rings (SSSR count). The number of nitrogens with one attached hydrogen (secondary N) is 1. The summed E-state index contributed by atoms with van der Waals surface area (Å²) in [5.74, 6) is 0. The monoisotopic (exact) mass is 314 g/mol. The van der Waals surface area contributed by atoms with Crippen molar-refractivity contribution in [2.45, 2.75) is 0 Å². The summed E-state index contributed by atoms with van der Waals surface area (Å²) in [7, 11) is 1.47. The first-order chi connectivity index (χ1) is 10.6. The Morgan fingerprint density at radius 2 is 1.59 bits per heavy atom. The van der Waals surface area contributed by atoms with Crippen LogP contribution in [0.3, 0.4) is 0 Å². The van der Waals surface area contributed by atoms with Crippen molar-refractivity contribution in [3.63, 3.8) is 0 Å². The molecule has 0 unspecified atom stereocenters. The predicted molar refractivity (Wildman–Crippen MR) is 80.3 cm³/mol. The van der Waals surface area contributed by atoms with Crippen LogP contribution in [0.1, 0.15) is 0 Å². The minimum atomic E-state index is -3.00. The van der Waals surface area contributed by atoms with Gasteiger partial charge >= 0.3 is 8.80 Å². The zero-order valence-electron chi connectivity index (χ0n) is 12.4. The summed E-state index contributed by atoms with van der Waals surface area (Å²) in [4.78, 5) is 0. The first-order valence-corrected chi connectivity index (χ1v) is 7.80. The Kier molecular flexibility index (Phi) is 6.27. The number of allylic oxidation sites excluding steroid dienone is 2. The topological polar surface area (TPSA) is 111 Å². The average molecular weight is 314 g/mol. The summed E-state index contributed by atoms with van der Waals surface area (Å²) in [6.07, 6.45) is 0. The zero-order chi connectivity index (χ0) is 16.6. The van der Waals surface area contributed by atoms with Crippen LogP contribution in [-0.2, 0) is 13.3 Å². The molecule has 0 amide bonds. The Morgan fingerprint density at radius 1 is 1.00 bits per heavy atom. The fourth-order valence-electron chi connectivity index (χ4n) is 1.82. The minimum absolute atomic E-state index is 0.123. The van der Waals surface area contributed by atoms with Crippen LogP contribution in [0.2, 0.25) is 0 Å². The maximum atomic E-state index is 9.05. The molecule has 7 nitrogen and oxygen atoms in total. The number of anilines is 1. The third-order valence-electron chi connectivity index (χ3n) is 2.88. The lowest BCUT2D eigenvalue weighted by Crippen LogP contribution is -2.54. The predicted octanol–water partition coefficient (Wildman–Crippen LogP) is 1.01. The Bertz CT molecular complexity index is 669. The molecule has 1 aromatic rings. The molecular weight excluding hydrogens is 300 g/mol. The van der Waals surface area contributed by atoms with Gasteiger partial charge in [-0.3, -0.25) is 0 Å². The summed E-state index contributed by atoms with van der Waals surface area (Å²) >= 11 is 0. The highest BCUT2D eigenvalue weighted by atomic mass is 28.4. The van der Waals surface area contributed by atoms with Crippen LogP contribution in [0.4, 0.5) is 5.69 Å². The maximum absolute atomic E-state index is 9.05. The quantitative estimate of drug-likeness (QED) is 0.616. The number of hydrogen-bond donors (Lipinski definition) is 1. The Balaban J connectivity index is 3.25. The van der Waals surface area contributed by atoms with Crippen LogP contribution in [0.5, 0.6) is 0 Å². The average Bonchev–Trinajstić information content (AvgIpc) is 2.57. The molecule has 1 aromatic carbocycles.